The molecular weight excluding hydrogens is 417 g/mol. The molecule has 0 unspecified atom stereocenters. The van der Waals surface area contributed by atoms with Crippen LogP contribution in [-0.4, -0.2) is 33.1 Å². The summed E-state index contributed by atoms with van der Waals surface area (Å²) in [7, 11) is 1.61. The van der Waals surface area contributed by atoms with Crippen LogP contribution in [0.2, 0.25) is 0 Å². The summed E-state index contributed by atoms with van der Waals surface area (Å²) < 4.78 is 19.0. The number of anilines is 1. The molecule has 0 saturated heterocycles. The van der Waals surface area contributed by atoms with Crippen molar-refractivity contribution in [3.63, 3.8) is 0 Å². The Hall–Kier alpha value is -3.85. The predicted octanol–water partition coefficient (Wildman–Crippen LogP) is 4.00. The SMILES string of the molecule is COc1ccc(-n2nc3cc(C)c(NC(=S)NC(=O)c4ccccc4F)cc3n2)cc1. The lowest BCUT2D eigenvalue weighted by molar-refractivity contribution is 0.0974. The fourth-order valence-corrected chi connectivity index (χ4v) is 3.21. The van der Waals surface area contributed by atoms with Gasteiger partial charge in [-0.25, -0.2) is 4.39 Å². The monoisotopic (exact) mass is 435 g/mol. The zero-order valence-electron chi connectivity index (χ0n) is 16.7. The number of ether oxygens (including phenoxy) is 1. The normalized spacial score (nSPS) is 10.7. The van der Waals surface area contributed by atoms with E-state index in [1.807, 2.05) is 37.3 Å². The van der Waals surface area contributed by atoms with Gasteiger partial charge in [0.05, 0.1) is 18.4 Å². The van der Waals surface area contributed by atoms with Crippen molar-refractivity contribution in [3.05, 3.63) is 77.6 Å². The van der Waals surface area contributed by atoms with Crippen molar-refractivity contribution in [1.29, 1.82) is 0 Å². The number of thiocarbonyl (C=S) groups is 1. The third-order valence-electron chi connectivity index (χ3n) is 4.62. The van der Waals surface area contributed by atoms with E-state index in [0.717, 1.165) is 17.0 Å². The molecule has 4 rings (SSSR count). The Morgan fingerprint density at radius 1 is 1.06 bits per heavy atom. The number of methoxy groups -OCH3 is 1. The number of hydrogen-bond donors (Lipinski definition) is 2. The molecule has 0 spiro atoms. The van der Waals surface area contributed by atoms with E-state index in [-0.39, 0.29) is 10.7 Å². The highest BCUT2D eigenvalue weighted by atomic mass is 32.1. The first kappa shape index (κ1) is 20.4. The Labute approximate surface area is 182 Å². The molecule has 0 aliphatic carbocycles. The highest BCUT2D eigenvalue weighted by molar-refractivity contribution is 7.80. The summed E-state index contributed by atoms with van der Waals surface area (Å²) >= 11 is 5.22. The highest BCUT2D eigenvalue weighted by Crippen LogP contribution is 2.23. The third-order valence-corrected chi connectivity index (χ3v) is 4.83. The molecule has 0 atom stereocenters. The fraction of sp³-hybridized carbons (Fsp3) is 0.0909. The summed E-state index contributed by atoms with van der Waals surface area (Å²) in [5, 5.41) is 14.5. The second-order valence-corrected chi connectivity index (χ2v) is 7.14. The molecule has 156 valence electrons. The molecule has 9 heteroatoms. The maximum atomic E-state index is 13.8. The number of carbonyl (C=O) groups excluding carboxylic acids is 1. The van der Waals surface area contributed by atoms with Crippen molar-refractivity contribution in [2.75, 3.05) is 12.4 Å². The molecular formula is C22H18FN5O2S. The standard InChI is InChI=1S/C22H18FN5O2S/c1-13-11-19-20(27-28(26-19)14-7-9-15(30-2)10-8-14)12-18(13)24-22(31)25-21(29)16-5-3-4-6-17(16)23/h3-12H,1-2H3,(H2,24,25,29,31). The number of aromatic nitrogens is 3. The van der Waals surface area contributed by atoms with Gasteiger partial charge in [0.2, 0.25) is 0 Å². The number of benzene rings is 3. The number of fused-ring (bicyclic) bond motifs is 1. The van der Waals surface area contributed by atoms with Crippen molar-refractivity contribution < 1.29 is 13.9 Å². The molecule has 1 heterocycles. The van der Waals surface area contributed by atoms with Gasteiger partial charge in [0.25, 0.3) is 5.91 Å². The van der Waals surface area contributed by atoms with Crippen LogP contribution in [-0.2, 0) is 0 Å². The number of carbonyl (C=O) groups is 1. The quantitative estimate of drug-likeness (QED) is 0.472. The topological polar surface area (TPSA) is 81.1 Å². The molecule has 1 aromatic heterocycles. The van der Waals surface area contributed by atoms with Crippen LogP contribution in [0.5, 0.6) is 5.75 Å². The zero-order chi connectivity index (χ0) is 22.0. The van der Waals surface area contributed by atoms with Crippen molar-refractivity contribution in [3.8, 4) is 11.4 Å². The van der Waals surface area contributed by atoms with E-state index in [1.54, 1.807) is 19.2 Å². The zero-order valence-corrected chi connectivity index (χ0v) is 17.5. The highest BCUT2D eigenvalue weighted by Gasteiger charge is 2.14. The molecule has 2 N–H and O–H groups in total. The number of hydrogen-bond acceptors (Lipinski definition) is 5. The lowest BCUT2D eigenvalue weighted by Gasteiger charge is -2.12. The van der Waals surface area contributed by atoms with Gasteiger partial charge >= 0.3 is 0 Å². The fourth-order valence-electron chi connectivity index (χ4n) is 3.00. The first-order chi connectivity index (χ1) is 14.9. The Kier molecular flexibility index (Phi) is 5.59. The largest absolute Gasteiger partial charge is 0.497 e. The first-order valence-electron chi connectivity index (χ1n) is 9.33. The van der Waals surface area contributed by atoms with Gasteiger partial charge in [-0.2, -0.15) is 4.80 Å². The van der Waals surface area contributed by atoms with Crippen LogP contribution in [0.1, 0.15) is 15.9 Å². The summed E-state index contributed by atoms with van der Waals surface area (Å²) in [4.78, 5) is 13.8. The molecule has 0 bridgehead atoms. The summed E-state index contributed by atoms with van der Waals surface area (Å²) in [5.74, 6) is -0.496. The van der Waals surface area contributed by atoms with Gasteiger partial charge in [0.15, 0.2) is 5.11 Å². The molecule has 0 fully saturated rings. The molecule has 31 heavy (non-hydrogen) atoms. The maximum Gasteiger partial charge on any atom is 0.260 e. The van der Waals surface area contributed by atoms with Gasteiger partial charge in [-0.05, 0) is 73.2 Å². The van der Waals surface area contributed by atoms with Crippen molar-refractivity contribution >= 4 is 40.0 Å². The van der Waals surface area contributed by atoms with E-state index in [4.69, 9.17) is 17.0 Å². The van der Waals surface area contributed by atoms with Crippen molar-refractivity contribution in [2.24, 2.45) is 0 Å². The molecule has 3 aromatic carbocycles. The van der Waals surface area contributed by atoms with Crippen LogP contribution in [0.3, 0.4) is 0 Å². The van der Waals surface area contributed by atoms with Crippen molar-refractivity contribution in [1.82, 2.24) is 20.3 Å². The summed E-state index contributed by atoms with van der Waals surface area (Å²) in [6.07, 6.45) is 0. The van der Waals surface area contributed by atoms with Gasteiger partial charge in [-0.3, -0.25) is 10.1 Å². The van der Waals surface area contributed by atoms with Gasteiger partial charge in [-0.1, -0.05) is 12.1 Å². The van der Waals surface area contributed by atoms with E-state index in [1.165, 1.54) is 23.0 Å². The summed E-state index contributed by atoms with van der Waals surface area (Å²) in [6.45, 7) is 1.88. The van der Waals surface area contributed by atoms with Gasteiger partial charge in [0.1, 0.15) is 22.6 Å². The summed E-state index contributed by atoms with van der Waals surface area (Å²) in [6, 6.07) is 16.7. The first-order valence-corrected chi connectivity index (χ1v) is 9.74. The molecule has 4 aromatic rings. The van der Waals surface area contributed by atoms with Gasteiger partial charge in [-0.15, -0.1) is 10.2 Å². The molecule has 0 aliphatic rings. The number of nitrogens with zero attached hydrogens (tertiary/aromatic N) is 3. The maximum absolute atomic E-state index is 13.8. The Bertz CT molecular complexity index is 1290. The minimum atomic E-state index is -0.625. The van der Waals surface area contributed by atoms with Crippen LogP contribution in [0.4, 0.5) is 10.1 Å². The van der Waals surface area contributed by atoms with E-state index in [9.17, 15) is 9.18 Å². The number of nitrogens with one attached hydrogen (secondary N) is 2. The van der Waals surface area contributed by atoms with Gasteiger partial charge in [0, 0.05) is 5.69 Å². The second-order valence-electron chi connectivity index (χ2n) is 6.73. The van der Waals surface area contributed by atoms with Gasteiger partial charge < -0.3 is 10.1 Å². The molecule has 0 saturated carbocycles. The van der Waals surface area contributed by atoms with E-state index < -0.39 is 11.7 Å². The minimum absolute atomic E-state index is 0.0539. The third kappa shape index (κ3) is 4.36. The van der Waals surface area contributed by atoms with Crippen LogP contribution in [0, 0.1) is 12.7 Å². The number of amides is 1. The van der Waals surface area contributed by atoms with E-state index in [2.05, 4.69) is 20.8 Å². The van der Waals surface area contributed by atoms with Crippen LogP contribution in [0.15, 0.2) is 60.7 Å². The van der Waals surface area contributed by atoms with E-state index in [0.29, 0.717) is 16.7 Å². The Morgan fingerprint density at radius 2 is 1.74 bits per heavy atom. The minimum Gasteiger partial charge on any atom is -0.497 e. The average Bonchev–Trinajstić information content (AvgIpc) is 3.17. The van der Waals surface area contributed by atoms with Crippen LogP contribution >= 0.6 is 12.2 Å². The number of rotatable bonds is 4. The Morgan fingerprint density at radius 3 is 2.42 bits per heavy atom. The van der Waals surface area contributed by atoms with E-state index >= 15 is 0 Å². The smallest absolute Gasteiger partial charge is 0.260 e. The number of halogens is 1. The van der Waals surface area contributed by atoms with Crippen molar-refractivity contribution in [2.45, 2.75) is 6.92 Å². The molecule has 0 radical (unpaired) electrons. The second kappa shape index (κ2) is 8.49. The lowest BCUT2D eigenvalue weighted by Crippen LogP contribution is -2.34. The van der Waals surface area contributed by atoms with Crippen LogP contribution < -0.4 is 15.4 Å². The molecule has 1 amide bonds. The summed E-state index contributed by atoms with van der Waals surface area (Å²) in [5.41, 5.74) is 3.58. The Balaban J connectivity index is 1.53. The molecule has 0 aliphatic heterocycles. The predicted molar refractivity (Wildman–Crippen MR) is 120 cm³/mol. The number of aryl methyl sites for hydroxylation is 1. The lowest BCUT2D eigenvalue weighted by atomic mass is 10.2. The van der Waals surface area contributed by atoms with Crippen LogP contribution in [0.25, 0.3) is 16.7 Å². The average molecular weight is 435 g/mol. The molecule has 7 nitrogen and oxygen atoms in total.